The highest BCUT2D eigenvalue weighted by atomic mass is 16.5. The van der Waals surface area contributed by atoms with Gasteiger partial charge in [-0.3, -0.25) is 4.79 Å². The molecular formula is C19H21NO5. The van der Waals surface area contributed by atoms with Crippen molar-refractivity contribution in [2.24, 2.45) is 0 Å². The lowest BCUT2D eigenvalue weighted by atomic mass is 10.1. The first kappa shape index (κ1) is 18.3. The van der Waals surface area contributed by atoms with Crippen LogP contribution in [-0.2, 0) is 4.74 Å². The first-order chi connectivity index (χ1) is 12.0. The molecule has 0 saturated heterocycles. The zero-order chi connectivity index (χ0) is 18.4. The number of amides is 1. The van der Waals surface area contributed by atoms with Gasteiger partial charge in [0.15, 0.2) is 0 Å². The molecule has 0 aromatic heterocycles. The quantitative estimate of drug-likeness (QED) is 0.816. The van der Waals surface area contributed by atoms with Gasteiger partial charge in [-0.15, -0.1) is 0 Å². The zero-order valence-electron chi connectivity index (χ0n) is 14.7. The van der Waals surface area contributed by atoms with Crippen LogP contribution in [0, 0.1) is 0 Å². The normalized spacial score (nSPS) is 11.4. The lowest BCUT2D eigenvalue weighted by molar-refractivity contribution is 0.0600. The first-order valence-electron chi connectivity index (χ1n) is 7.71. The molecule has 0 fully saturated rings. The van der Waals surface area contributed by atoms with Gasteiger partial charge in [0.05, 0.1) is 32.9 Å². The Morgan fingerprint density at radius 1 is 0.920 bits per heavy atom. The third-order valence-corrected chi connectivity index (χ3v) is 3.82. The fraction of sp³-hybridized carbons (Fsp3) is 0.263. The number of carbonyl (C=O) groups excluding carboxylic acids is 2. The number of rotatable bonds is 6. The van der Waals surface area contributed by atoms with E-state index >= 15 is 0 Å². The maximum atomic E-state index is 12.4. The van der Waals surface area contributed by atoms with Crippen molar-refractivity contribution in [1.82, 2.24) is 5.32 Å². The summed E-state index contributed by atoms with van der Waals surface area (Å²) in [6, 6.07) is 11.4. The number of esters is 1. The zero-order valence-corrected chi connectivity index (χ0v) is 14.7. The van der Waals surface area contributed by atoms with Crippen molar-refractivity contribution in [1.29, 1.82) is 0 Å². The highest BCUT2D eigenvalue weighted by molar-refractivity contribution is 5.96. The van der Waals surface area contributed by atoms with Crippen LogP contribution in [0.15, 0.2) is 42.5 Å². The predicted molar refractivity (Wildman–Crippen MR) is 93.2 cm³/mol. The molecule has 0 bridgehead atoms. The number of hydrogen-bond donors (Lipinski definition) is 1. The molecular weight excluding hydrogens is 322 g/mol. The minimum Gasteiger partial charge on any atom is -0.497 e. The molecule has 2 aromatic carbocycles. The molecule has 0 heterocycles. The molecule has 6 nitrogen and oxygen atoms in total. The van der Waals surface area contributed by atoms with E-state index in [-0.39, 0.29) is 11.9 Å². The van der Waals surface area contributed by atoms with Gasteiger partial charge in [0.1, 0.15) is 11.5 Å². The van der Waals surface area contributed by atoms with Gasteiger partial charge in [-0.1, -0.05) is 0 Å². The predicted octanol–water partition coefficient (Wildman–Crippen LogP) is 2.98. The minimum absolute atomic E-state index is 0.248. The van der Waals surface area contributed by atoms with Crippen LogP contribution in [0.1, 0.15) is 39.2 Å². The van der Waals surface area contributed by atoms with Crippen LogP contribution in [0.2, 0.25) is 0 Å². The molecule has 6 heteroatoms. The van der Waals surface area contributed by atoms with Crippen molar-refractivity contribution >= 4 is 11.9 Å². The van der Waals surface area contributed by atoms with Crippen molar-refractivity contribution in [3.05, 3.63) is 59.2 Å². The second-order valence-corrected chi connectivity index (χ2v) is 5.37. The molecule has 132 valence electrons. The van der Waals surface area contributed by atoms with Crippen LogP contribution in [0.25, 0.3) is 0 Å². The van der Waals surface area contributed by atoms with Crippen LogP contribution < -0.4 is 14.8 Å². The van der Waals surface area contributed by atoms with Crippen LogP contribution in [-0.4, -0.2) is 33.2 Å². The fourth-order valence-electron chi connectivity index (χ4n) is 2.41. The fourth-order valence-corrected chi connectivity index (χ4v) is 2.41. The highest BCUT2D eigenvalue weighted by Crippen LogP contribution is 2.29. The monoisotopic (exact) mass is 343 g/mol. The van der Waals surface area contributed by atoms with E-state index in [4.69, 9.17) is 9.47 Å². The van der Waals surface area contributed by atoms with Gasteiger partial charge in [0, 0.05) is 17.2 Å². The summed E-state index contributed by atoms with van der Waals surface area (Å²) in [6.07, 6.45) is 0. The van der Waals surface area contributed by atoms with Crippen molar-refractivity contribution in [3.63, 3.8) is 0 Å². The Balaban J connectivity index is 2.13. The Labute approximate surface area is 146 Å². The Morgan fingerprint density at radius 3 is 2.12 bits per heavy atom. The van der Waals surface area contributed by atoms with E-state index in [1.807, 2.05) is 19.1 Å². The van der Waals surface area contributed by atoms with Crippen LogP contribution in [0.3, 0.4) is 0 Å². The summed E-state index contributed by atoms with van der Waals surface area (Å²) in [7, 11) is 4.46. The van der Waals surface area contributed by atoms with Crippen LogP contribution in [0.5, 0.6) is 11.5 Å². The van der Waals surface area contributed by atoms with Gasteiger partial charge in [-0.2, -0.15) is 0 Å². The molecule has 0 aliphatic rings. The van der Waals surface area contributed by atoms with Gasteiger partial charge in [-0.05, 0) is 43.3 Å². The third-order valence-electron chi connectivity index (χ3n) is 3.82. The van der Waals surface area contributed by atoms with Crippen LogP contribution >= 0.6 is 0 Å². The summed E-state index contributed by atoms with van der Waals surface area (Å²) >= 11 is 0. The third kappa shape index (κ3) is 4.29. The maximum Gasteiger partial charge on any atom is 0.337 e. The average molecular weight is 343 g/mol. The summed E-state index contributed by atoms with van der Waals surface area (Å²) in [5.41, 5.74) is 1.68. The summed E-state index contributed by atoms with van der Waals surface area (Å²) in [5.74, 6) is 0.621. The number of benzene rings is 2. The number of ether oxygens (including phenoxy) is 3. The van der Waals surface area contributed by atoms with E-state index in [2.05, 4.69) is 10.1 Å². The average Bonchev–Trinajstić information content (AvgIpc) is 2.66. The van der Waals surface area contributed by atoms with Crippen molar-refractivity contribution in [2.45, 2.75) is 13.0 Å². The Morgan fingerprint density at radius 2 is 1.56 bits per heavy atom. The Bertz CT molecular complexity index is 755. The van der Waals surface area contributed by atoms with Crippen LogP contribution in [0.4, 0.5) is 0 Å². The highest BCUT2D eigenvalue weighted by Gasteiger charge is 2.16. The lowest BCUT2D eigenvalue weighted by Gasteiger charge is -2.18. The van der Waals surface area contributed by atoms with Crippen molar-refractivity contribution in [3.8, 4) is 11.5 Å². The first-order valence-corrected chi connectivity index (χ1v) is 7.71. The molecule has 1 amide bonds. The topological polar surface area (TPSA) is 73.9 Å². The molecule has 0 aliphatic carbocycles. The summed E-state index contributed by atoms with van der Waals surface area (Å²) in [4.78, 5) is 23.8. The van der Waals surface area contributed by atoms with E-state index in [0.29, 0.717) is 22.6 Å². The molecule has 1 N–H and O–H groups in total. The van der Waals surface area contributed by atoms with E-state index in [1.54, 1.807) is 44.6 Å². The number of hydrogen-bond acceptors (Lipinski definition) is 5. The second kappa shape index (κ2) is 8.19. The van der Waals surface area contributed by atoms with E-state index in [0.717, 1.165) is 5.56 Å². The van der Waals surface area contributed by atoms with E-state index < -0.39 is 5.97 Å². The number of methoxy groups -OCH3 is 3. The van der Waals surface area contributed by atoms with Crippen molar-refractivity contribution in [2.75, 3.05) is 21.3 Å². The smallest absolute Gasteiger partial charge is 0.337 e. The Kier molecular flexibility index (Phi) is 6.00. The van der Waals surface area contributed by atoms with Gasteiger partial charge in [-0.25, -0.2) is 4.79 Å². The summed E-state index contributed by atoms with van der Waals surface area (Å²) in [6.45, 7) is 1.87. The van der Waals surface area contributed by atoms with Gasteiger partial charge < -0.3 is 19.5 Å². The standard InChI is InChI=1S/C19H21NO5/c1-12(16-10-9-15(23-2)11-17(16)24-3)20-18(21)13-5-7-14(8-6-13)19(22)25-4/h5-12H,1-4H3,(H,20,21)/t12-/m1/s1. The number of nitrogens with one attached hydrogen (secondary N) is 1. The van der Waals surface area contributed by atoms with Gasteiger partial charge >= 0.3 is 5.97 Å². The largest absolute Gasteiger partial charge is 0.497 e. The molecule has 25 heavy (non-hydrogen) atoms. The molecule has 0 unspecified atom stereocenters. The molecule has 0 saturated carbocycles. The lowest BCUT2D eigenvalue weighted by Crippen LogP contribution is -2.27. The SMILES string of the molecule is COC(=O)c1ccc(C(=O)N[C@H](C)c2ccc(OC)cc2OC)cc1. The molecule has 0 radical (unpaired) electrons. The molecule has 0 spiro atoms. The van der Waals surface area contributed by atoms with E-state index in [9.17, 15) is 9.59 Å². The minimum atomic E-state index is -0.441. The van der Waals surface area contributed by atoms with Crippen molar-refractivity contribution < 1.29 is 23.8 Å². The maximum absolute atomic E-state index is 12.4. The van der Waals surface area contributed by atoms with Gasteiger partial charge in [0.25, 0.3) is 5.91 Å². The Hall–Kier alpha value is -3.02. The molecule has 0 aliphatic heterocycles. The van der Waals surface area contributed by atoms with Gasteiger partial charge in [0.2, 0.25) is 0 Å². The molecule has 1 atom stereocenters. The summed E-state index contributed by atoms with van der Waals surface area (Å²) in [5, 5.41) is 2.91. The summed E-state index contributed by atoms with van der Waals surface area (Å²) < 4.78 is 15.2. The second-order valence-electron chi connectivity index (χ2n) is 5.37. The molecule has 2 rings (SSSR count). The molecule has 2 aromatic rings. The number of carbonyl (C=O) groups is 2. The van der Waals surface area contributed by atoms with E-state index in [1.165, 1.54) is 7.11 Å².